The van der Waals surface area contributed by atoms with Crippen molar-refractivity contribution in [3.8, 4) is 11.5 Å². The topological polar surface area (TPSA) is 117 Å². The van der Waals surface area contributed by atoms with E-state index < -0.39 is 41.6 Å². The molecule has 3 N–H and O–H groups in total. The lowest BCUT2D eigenvalue weighted by molar-refractivity contribution is -0.142. The molecule has 2 atom stereocenters. The molecule has 10 heteroatoms. The zero-order valence-electron chi connectivity index (χ0n) is 21.4. The van der Waals surface area contributed by atoms with Crippen LogP contribution in [0.15, 0.2) is 48.5 Å². The van der Waals surface area contributed by atoms with Crippen molar-refractivity contribution in [1.82, 2.24) is 10.2 Å². The monoisotopic (exact) mass is 517 g/mol. The molecule has 0 spiro atoms. The number of hydrogen-bond donors (Lipinski definition) is 4. The number of nitrogens with zero attached hydrogens (tertiary/aromatic N) is 1. The number of nitrogens with one attached hydrogen (secondary N) is 2. The van der Waals surface area contributed by atoms with Gasteiger partial charge in [-0.15, -0.1) is 0 Å². The summed E-state index contributed by atoms with van der Waals surface area (Å²) in [4.78, 5) is 41.1. The number of benzene rings is 2. The largest absolute Gasteiger partial charge is 0.508 e. The molecule has 2 aromatic rings. The van der Waals surface area contributed by atoms with Gasteiger partial charge < -0.3 is 30.1 Å². The lowest BCUT2D eigenvalue weighted by Gasteiger charge is -2.37. The summed E-state index contributed by atoms with van der Waals surface area (Å²) in [5.74, 6) is -0.330. The molecule has 3 amide bonds. The van der Waals surface area contributed by atoms with Crippen LogP contribution < -0.4 is 15.4 Å². The van der Waals surface area contributed by atoms with Crippen LogP contribution in [0.25, 0.3) is 0 Å². The van der Waals surface area contributed by atoms with Gasteiger partial charge in [0.05, 0.1) is 7.11 Å². The van der Waals surface area contributed by atoms with Crippen molar-refractivity contribution in [3.63, 3.8) is 0 Å². The molecule has 2 rings (SSSR count). The maximum Gasteiger partial charge on any atom is 0.408 e. The van der Waals surface area contributed by atoms with Crippen molar-refractivity contribution in [2.24, 2.45) is 0 Å². The number of rotatable bonds is 9. The summed E-state index contributed by atoms with van der Waals surface area (Å²) in [6, 6.07) is 10.3. The molecule has 0 aliphatic rings. The number of anilines is 1. The molecule has 0 heterocycles. The highest BCUT2D eigenvalue weighted by Gasteiger charge is 2.37. The quantitative estimate of drug-likeness (QED) is 0.372. The summed E-state index contributed by atoms with van der Waals surface area (Å²) < 4.78 is 10.5. The van der Waals surface area contributed by atoms with Gasteiger partial charge in [-0.25, -0.2) is 4.79 Å². The number of amides is 3. The molecule has 0 saturated heterocycles. The van der Waals surface area contributed by atoms with E-state index in [9.17, 15) is 19.5 Å². The summed E-state index contributed by atoms with van der Waals surface area (Å²) in [5, 5.41) is 15.2. The number of alkyl carbamates (subject to hydrolysis) is 1. The fraction of sp³-hybridized carbons (Fsp3) is 0.423. The Morgan fingerprint density at radius 1 is 1.03 bits per heavy atom. The first kappa shape index (κ1) is 28.8. The predicted molar refractivity (Wildman–Crippen MR) is 141 cm³/mol. The molecule has 0 fully saturated rings. The molecule has 9 nitrogen and oxygen atoms in total. The Hall–Kier alpha value is -3.40. The normalized spacial score (nSPS) is 12.9. The summed E-state index contributed by atoms with van der Waals surface area (Å²) in [5.41, 5.74) is 0.244. The van der Waals surface area contributed by atoms with Crippen LogP contribution in [0.5, 0.6) is 11.5 Å². The molecular formula is C26H35N3O6S. The molecule has 0 saturated carbocycles. The SMILES string of the molecule is COc1ccc(NC(=O)C(c2ccc(O)cc2)N(C(=O)C(CS)NC(=O)OC(C)(C)C)C(C)C)cc1. The van der Waals surface area contributed by atoms with Gasteiger partial charge in [0.15, 0.2) is 0 Å². The Labute approximate surface area is 217 Å². The van der Waals surface area contributed by atoms with Crippen LogP contribution in [0.2, 0.25) is 0 Å². The van der Waals surface area contributed by atoms with Gasteiger partial charge in [-0.3, -0.25) is 9.59 Å². The number of ether oxygens (including phenoxy) is 2. The first-order valence-corrected chi connectivity index (χ1v) is 12.2. The Morgan fingerprint density at radius 3 is 2.08 bits per heavy atom. The van der Waals surface area contributed by atoms with E-state index in [1.807, 2.05) is 0 Å². The van der Waals surface area contributed by atoms with Crippen LogP contribution in [0, 0.1) is 0 Å². The zero-order valence-corrected chi connectivity index (χ0v) is 22.3. The van der Waals surface area contributed by atoms with Crippen molar-refractivity contribution in [2.45, 2.75) is 58.3 Å². The van der Waals surface area contributed by atoms with E-state index in [0.29, 0.717) is 17.0 Å². The standard InChI is InChI=1S/C26H35N3O6S/c1-16(2)29(24(32)21(15-36)28-25(33)35-26(3,4)5)22(17-7-11-19(30)12-8-17)23(31)27-18-9-13-20(34-6)14-10-18/h7-14,16,21-22,30,36H,15H2,1-6H3,(H,27,31)(H,28,33). The summed E-state index contributed by atoms with van der Waals surface area (Å²) in [7, 11) is 1.55. The third kappa shape index (κ3) is 8.08. The number of phenols is 1. The van der Waals surface area contributed by atoms with Gasteiger partial charge >= 0.3 is 6.09 Å². The molecule has 2 unspecified atom stereocenters. The molecule has 36 heavy (non-hydrogen) atoms. The molecule has 0 radical (unpaired) electrons. The molecule has 0 aromatic heterocycles. The number of aromatic hydroxyl groups is 1. The summed E-state index contributed by atoms with van der Waals surface area (Å²) in [6.45, 7) is 8.70. The van der Waals surface area contributed by atoms with Crippen LogP contribution in [-0.2, 0) is 14.3 Å². The fourth-order valence-corrected chi connectivity index (χ4v) is 3.72. The molecule has 0 aliphatic carbocycles. The first-order chi connectivity index (χ1) is 16.9. The Morgan fingerprint density at radius 2 is 1.61 bits per heavy atom. The zero-order chi connectivity index (χ0) is 27.0. The minimum absolute atomic E-state index is 0.0102. The van der Waals surface area contributed by atoms with Gasteiger partial charge in [0.2, 0.25) is 5.91 Å². The Balaban J connectivity index is 2.42. The van der Waals surface area contributed by atoms with E-state index in [4.69, 9.17) is 9.47 Å². The third-order valence-corrected chi connectivity index (χ3v) is 5.44. The van der Waals surface area contributed by atoms with E-state index in [1.165, 1.54) is 17.0 Å². The van der Waals surface area contributed by atoms with Gasteiger partial charge in [0, 0.05) is 17.5 Å². The van der Waals surface area contributed by atoms with E-state index in [2.05, 4.69) is 23.3 Å². The fourth-order valence-electron chi connectivity index (χ4n) is 3.47. The number of carbonyl (C=O) groups excluding carboxylic acids is 3. The van der Waals surface area contributed by atoms with Gasteiger partial charge in [0.25, 0.3) is 5.91 Å². The highest BCUT2D eigenvalue weighted by molar-refractivity contribution is 7.80. The maximum absolute atomic E-state index is 13.7. The number of methoxy groups -OCH3 is 1. The number of hydrogen-bond acceptors (Lipinski definition) is 7. The Bertz CT molecular complexity index is 1040. The van der Waals surface area contributed by atoms with Gasteiger partial charge in [-0.05, 0) is 76.6 Å². The average molecular weight is 518 g/mol. The van der Waals surface area contributed by atoms with E-state index in [-0.39, 0.29) is 11.5 Å². The van der Waals surface area contributed by atoms with Crippen molar-refractivity contribution >= 4 is 36.2 Å². The van der Waals surface area contributed by atoms with Gasteiger partial charge in [-0.1, -0.05) is 12.1 Å². The number of phenolic OH excluding ortho intramolecular Hbond substituents is 1. The average Bonchev–Trinajstić information content (AvgIpc) is 2.80. The maximum atomic E-state index is 13.7. The number of carbonyl (C=O) groups is 3. The predicted octanol–water partition coefficient (Wildman–Crippen LogP) is 4.14. The van der Waals surface area contributed by atoms with Crippen LogP contribution in [0.1, 0.15) is 46.2 Å². The minimum atomic E-state index is -1.07. The smallest absolute Gasteiger partial charge is 0.408 e. The summed E-state index contributed by atoms with van der Waals surface area (Å²) >= 11 is 4.26. The molecule has 2 aromatic carbocycles. The second-order valence-corrected chi connectivity index (χ2v) is 9.80. The summed E-state index contributed by atoms with van der Waals surface area (Å²) in [6.07, 6.45) is -0.762. The van der Waals surface area contributed by atoms with Crippen molar-refractivity contribution in [2.75, 3.05) is 18.2 Å². The van der Waals surface area contributed by atoms with E-state index >= 15 is 0 Å². The second kappa shape index (κ2) is 12.5. The molecule has 0 aliphatic heterocycles. The van der Waals surface area contributed by atoms with Crippen molar-refractivity contribution in [1.29, 1.82) is 0 Å². The van der Waals surface area contributed by atoms with Crippen molar-refractivity contribution in [3.05, 3.63) is 54.1 Å². The van der Waals surface area contributed by atoms with Crippen LogP contribution in [0.3, 0.4) is 0 Å². The van der Waals surface area contributed by atoms with Crippen LogP contribution in [-0.4, -0.2) is 58.5 Å². The highest BCUT2D eigenvalue weighted by atomic mass is 32.1. The van der Waals surface area contributed by atoms with E-state index in [0.717, 1.165) is 0 Å². The van der Waals surface area contributed by atoms with E-state index in [1.54, 1.807) is 78.1 Å². The lowest BCUT2D eigenvalue weighted by Crippen LogP contribution is -2.55. The minimum Gasteiger partial charge on any atom is -0.508 e. The second-order valence-electron chi connectivity index (χ2n) is 9.43. The molecule has 196 valence electrons. The third-order valence-electron chi connectivity index (χ3n) is 5.08. The molecule has 0 bridgehead atoms. The van der Waals surface area contributed by atoms with Crippen molar-refractivity contribution < 1.29 is 29.0 Å². The van der Waals surface area contributed by atoms with Crippen LogP contribution in [0.4, 0.5) is 10.5 Å². The molecular weight excluding hydrogens is 482 g/mol. The van der Waals surface area contributed by atoms with Crippen LogP contribution >= 0.6 is 12.6 Å². The van der Waals surface area contributed by atoms with Gasteiger partial charge in [-0.2, -0.15) is 12.6 Å². The van der Waals surface area contributed by atoms with Gasteiger partial charge in [0.1, 0.15) is 29.2 Å². The number of thiol groups is 1. The first-order valence-electron chi connectivity index (χ1n) is 11.5. The Kier molecular flexibility index (Phi) is 10.0. The lowest BCUT2D eigenvalue weighted by atomic mass is 10.0. The highest BCUT2D eigenvalue weighted by Crippen LogP contribution is 2.28.